The van der Waals surface area contributed by atoms with Crippen molar-refractivity contribution >= 4 is 46.4 Å². The van der Waals surface area contributed by atoms with E-state index in [2.05, 4.69) is 5.32 Å². The maximum Gasteiger partial charge on any atom is 0.180 e. The molecule has 0 saturated heterocycles. The van der Waals surface area contributed by atoms with Crippen molar-refractivity contribution in [1.29, 1.82) is 0 Å². The average molecular weight is 547 g/mol. The van der Waals surface area contributed by atoms with E-state index in [0.717, 1.165) is 48.2 Å². The molecule has 5 rings (SSSR count). The van der Waals surface area contributed by atoms with Crippen LogP contribution in [-0.2, 0) is 16.2 Å². The van der Waals surface area contributed by atoms with E-state index < -0.39 is 5.92 Å². The molecule has 2 aromatic rings. The van der Waals surface area contributed by atoms with Gasteiger partial charge >= 0.3 is 0 Å². The quantitative estimate of drug-likeness (QED) is 0.411. The van der Waals surface area contributed by atoms with Crippen LogP contribution < -0.4 is 14.8 Å². The van der Waals surface area contributed by atoms with Crippen LogP contribution in [0.2, 0.25) is 15.1 Å². The second-order valence-corrected chi connectivity index (χ2v) is 10.4. The zero-order valence-electron chi connectivity index (χ0n) is 19.9. The van der Waals surface area contributed by atoms with E-state index in [1.165, 1.54) is 0 Å². The lowest BCUT2D eigenvalue weighted by atomic mass is 9.71. The second kappa shape index (κ2) is 10.5. The first-order chi connectivity index (χ1) is 17.4. The summed E-state index contributed by atoms with van der Waals surface area (Å²) in [6.45, 7) is 2.49. The summed E-state index contributed by atoms with van der Waals surface area (Å²) in [5.74, 6) is 0.558. The third kappa shape index (κ3) is 4.77. The molecule has 0 unspecified atom stereocenters. The SMILES string of the molecule is CCOc1cc(C2C3=C(CCCC3=O)NC3=C2C(=O)CCC3)cc(Cl)c1OCc1ccc(Cl)c(Cl)c1. The number of carbonyl (C=O) groups excluding carboxylic acids is 2. The average Bonchev–Trinajstić information content (AvgIpc) is 2.85. The van der Waals surface area contributed by atoms with Gasteiger partial charge in [0, 0.05) is 41.3 Å². The molecule has 3 aliphatic rings. The molecule has 36 heavy (non-hydrogen) atoms. The van der Waals surface area contributed by atoms with Gasteiger partial charge in [0.05, 0.1) is 21.7 Å². The number of ether oxygens (including phenoxy) is 2. The number of hydrogen-bond acceptors (Lipinski definition) is 5. The lowest BCUT2D eigenvalue weighted by Gasteiger charge is -2.37. The maximum absolute atomic E-state index is 13.1. The highest BCUT2D eigenvalue weighted by molar-refractivity contribution is 6.42. The Labute approximate surface area is 225 Å². The van der Waals surface area contributed by atoms with E-state index in [0.29, 0.717) is 57.2 Å². The topological polar surface area (TPSA) is 64.6 Å². The largest absolute Gasteiger partial charge is 0.490 e. The molecule has 5 nitrogen and oxygen atoms in total. The van der Waals surface area contributed by atoms with Crippen molar-refractivity contribution in [2.45, 2.75) is 58.0 Å². The number of rotatable bonds is 6. The van der Waals surface area contributed by atoms with E-state index in [1.807, 2.05) is 19.1 Å². The molecule has 1 aliphatic heterocycles. The Kier molecular flexibility index (Phi) is 7.34. The first-order valence-electron chi connectivity index (χ1n) is 12.2. The van der Waals surface area contributed by atoms with Gasteiger partial charge in [-0.3, -0.25) is 9.59 Å². The van der Waals surface area contributed by atoms with Crippen LogP contribution in [-0.4, -0.2) is 18.2 Å². The number of Topliss-reactive ketones (excluding diaryl/α,β-unsaturated/α-hetero) is 2. The van der Waals surface area contributed by atoms with Crippen molar-refractivity contribution in [2.75, 3.05) is 6.61 Å². The summed E-state index contributed by atoms with van der Waals surface area (Å²) in [6, 6.07) is 8.94. The van der Waals surface area contributed by atoms with E-state index in [-0.39, 0.29) is 18.2 Å². The van der Waals surface area contributed by atoms with Crippen LogP contribution in [0.15, 0.2) is 52.9 Å². The van der Waals surface area contributed by atoms with Crippen molar-refractivity contribution in [3.8, 4) is 11.5 Å². The fourth-order valence-corrected chi connectivity index (χ4v) is 5.85. The number of hydrogen-bond donors (Lipinski definition) is 1. The van der Waals surface area contributed by atoms with Crippen molar-refractivity contribution in [3.05, 3.63) is 79.1 Å². The fourth-order valence-electron chi connectivity index (χ4n) is 5.26. The molecule has 0 saturated carbocycles. The molecule has 0 aromatic heterocycles. The molecule has 2 aromatic carbocycles. The van der Waals surface area contributed by atoms with Crippen LogP contribution in [0.5, 0.6) is 11.5 Å². The maximum atomic E-state index is 13.1. The first-order valence-corrected chi connectivity index (χ1v) is 13.3. The molecule has 0 atom stereocenters. The second-order valence-electron chi connectivity index (χ2n) is 9.20. The summed E-state index contributed by atoms with van der Waals surface area (Å²) < 4.78 is 12.0. The number of ketones is 2. The van der Waals surface area contributed by atoms with E-state index in [9.17, 15) is 9.59 Å². The predicted octanol–water partition coefficient (Wildman–Crippen LogP) is 7.33. The number of carbonyl (C=O) groups is 2. The minimum absolute atomic E-state index is 0.0766. The van der Waals surface area contributed by atoms with Gasteiger partial charge in [0.1, 0.15) is 6.61 Å². The molecule has 0 fully saturated rings. The van der Waals surface area contributed by atoms with Crippen LogP contribution in [0, 0.1) is 0 Å². The van der Waals surface area contributed by atoms with Gasteiger partial charge in [-0.1, -0.05) is 40.9 Å². The highest BCUT2D eigenvalue weighted by atomic mass is 35.5. The summed E-state index contributed by atoms with van der Waals surface area (Å²) in [6.07, 6.45) is 4.15. The molecule has 0 spiro atoms. The van der Waals surface area contributed by atoms with Gasteiger partial charge in [-0.05, 0) is 68.0 Å². The highest BCUT2D eigenvalue weighted by Gasteiger charge is 2.40. The molecule has 1 N–H and O–H groups in total. The number of nitrogens with one attached hydrogen (secondary N) is 1. The number of allylic oxidation sites excluding steroid dienone is 4. The van der Waals surface area contributed by atoms with Crippen LogP contribution >= 0.6 is 34.8 Å². The van der Waals surface area contributed by atoms with Crippen LogP contribution in [0.1, 0.15) is 62.5 Å². The molecular formula is C28H26Cl3NO4. The minimum Gasteiger partial charge on any atom is -0.490 e. The Hall–Kier alpha value is -2.47. The lowest BCUT2D eigenvalue weighted by Crippen LogP contribution is -2.36. The van der Waals surface area contributed by atoms with E-state index >= 15 is 0 Å². The van der Waals surface area contributed by atoms with Crippen LogP contribution in [0.4, 0.5) is 0 Å². The van der Waals surface area contributed by atoms with Gasteiger partial charge in [-0.15, -0.1) is 0 Å². The first kappa shape index (κ1) is 25.2. The van der Waals surface area contributed by atoms with Gasteiger partial charge < -0.3 is 14.8 Å². The molecule has 8 heteroatoms. The molecule has 0 radical (unpaired) electrons. The molecule has 0 amide bonds. The van der Waals surface area contributed by atoms with Crippen molar-refractivity contribution in [2.24, 2.45) is 0 Å². The van der Waals surface area contributed by atoms with Crippen LogP contribution in [0.25, 0.3) is 0 Å². The van der Waals surface area contributed by atoms with Gasteiger partial charge in [-0.2, -0.15) is 0 Å². The molecule has 1 heterocycles. The molecular weight excluding hydrogens is 521 g/mol. The summed E-state index contributed by atoms with van der Waals surface area (Å²) >= 11 is 18.9. The van der Waals surface area contributed by atoms with Gasteiger partial charge in [0.2, 0.25) is 0 Å². The van der Waals surface area contributed by atoms with E-state index in [1.54, 1.807) is 18.2 Å². The Morgan fingerprint density at radius 2 is 1.50 bits per heavy atom. The zero-order chi connectivity index (χ0) is 25.4. The fraction of sp³-hybridized carbons (Fsp3) is 0.357. The van der Waals surface area contributed by atoms with E-state index in [4.69, 9.17) is 44.3 Å². The highest BCUT2D eigenvalue weighted by Crippen LogP contribution is 2.48. The third-order valence-corrected chi connectivity index (χ3v) is 7.84. The molecule has 188 valence electrons. The standard InChI is InChI=1S/C28H26Cl3NO4/c1-2-35-24-13-16(12-19(31)28(24)36-14-15-9-10-17(29)18(30)11-15)25-26-20(5-3-7-22(26)33)32-21-6-4-8-23(34)27(21)25/h9-13,25,32H,2-8,14H2,1H3. The molecule has 2 aliphatic carbocycles. The summed E-state index contributed by atoms with van der Waals surface area (Å²) in [7, 11) is 0. The minimum atomic E-state index is -0.460. The van der Waals surface area contributed by atoms with Crippen LogP contribution in [0.3, 0.4) is 0 Å². The summed E-state index contributed by atoms with van der Waals surface area (Å²) in [4.78, 5) is 26.3. The summed E-state index contributed by atoms with van der Waals surface area (Å²) in [5.41, 5.74) is 4.81. The monoisotopic (exact) mass is 545 g/mol. The lowest BCUT2D eigenvalue weighted by molar-refractivity contribution is -0.116. The number of benzene rings is 2. The smallest absolute Gasteiger partial charge is 0.180 e. The zero-order valence-corrected chi connectivity index (χ0v) is 22.2. The Bertz CT molecular complexity index is 1270. The van der Waals surface area contributed by atoms with Crippen molar-refractivity contribution < 1.29 is 19.1 Å². The van der Waals surface area contributed by atoms with Crippen molar-refractivity contribution in [3.63, 3.8) is 0 Å². The molecule has 0 bridgehead atoms. The van der Waals surface area contributed by atoms with Gasteiger partial charge in [0.15, 0.2) is 23.1 Å². The summed E-state index contributed by atoms with van der Waals surface area (Å²) in [5, 5.41) is 4.70. The van der Waals surface area contributed by atoms with Gasteiger partial charge in [-0.25, -0.2) is 0 Å². The Balaban J connectivity index is 1.56. The Morgan fingerprint density at radius 1 is 0.833 bits per heavy atom. The predicted molar refractivity (Wildman–Crippen MR) is 141 cm³/mol. The normalized spacial score (nSPS) is 18.1. The van der Waals surface area contributed by atoms with Gasteiger partial charge in [0.25, 0.3) is 0 Å². The number of dihydropyridines is 1. The third-order valence-electron chi connectivity index (χ3n) is 6.82. The van der Waals surface area contributed by atoms with Crippen molar-refractivity contribution in [1.82, 2.24) is 5.32 Å². The Morgan fingerprint density at radius 3 is 2.11 bits per heavy atom. The number of halogens is 3.